The molecule has 1 aromatic carbocycles. The van der Waals surface area contributed by atoms with Crippen molar-refractivity contribution < 1.29 is 0 Å². The first-order valence-electron chi connectivity index (χ1n) is 5.38. The van der Waals surface area contributed by atoms with Gasteiger partial charge in [-0.2, -0.15) is 5.10 Å². The first-order valence-corrected chi connectivity index (χ1v) is 5.38. The van der Waals surface area contributed by atoms with E-state index in [0.29, 0.717) is 5.92 Å². The molecule has 0 spiro atoms. The molecule has 0 fully saturated rings. The van der Waals surface area contributed by atoms with Gasteiger partial charge in [-0.25, -0.2) is 9.67 Å². The Balaban J connectivity index is 2.03. The molecule has 0 bridgehead atoms. The third-order valence-electron chi connectivity index (χ3n) is 3.02. The highest BCUT2D eigenvalue weighted by Gasteiger charge is 2.23. The van der Waals surface area contributed by atoms with Crippen LogP contribution in [0.15, 0.2) is 36.7 Å². The van der Waals surface area contributed by atoms with E-state index in [1.54, 1.807) is 6.33 Å². The molecule has 0 aliphatic carbocycles. The number of aromatic nitrogens is 3. The molecule has 1 aliphatic heterocycles. The first-order chi connectivity index (χ1) is 7.45. The highest BCUT2D eigenvalue weighted by Crippen LogP contribution is 2.30. The van der Waals surface area contributed by atoms with E-state index in [2.05, 4.69) is 40.4 Å². The SMILES string of the molecule is c1ccc(C2CCCn3ncnc32)cc1. The summed E-state index contributed by atoms with van der Waals surface area (Å²) in [5.74, 6) is 1.55. The predicted octanol–water partition coefficient (Wildman–Crippen LogP) is 2.20. The molecule has 1 atom stereocenters. The lowest BCUT2D eigenvalue weighted by Gasteiger charge is -2.22. The van der Waals surface area contributed by atoms with Gasteiger partial charge in [0.25, 0.3) is 0 Å². The topological polar surface area (TPSA) is 30.7 Å². The lowest BCUT2D eigenvalue weighted by atomic mass is 9.91. The number of fused-ring (bicyclic) bond motifs is 1. The molecule has 0 amide bonds. The predicted molar refractivity (Wildman–Crippen MR) is 57.5 cm³/mol. The normalized spacial score (nSPS) is 19.9. The van der Waals surface area contributed by atoms with Crippen molar-refractivity contribution in [1.82, 2.24) is 14.8 Å². The minimum absolute atomic E-state index is 0.433. The molecule has 3 rings (SSSR count). The summed E-state index contributed by atoms with van der Waals surface area (Å²) in [4.78, 5) is 4.37. The smallest absolute Gasteiger partial charge is 0.138 e. The fourth-order valence-corrected chi connectivity index (χ4v) is 2.29. The molecule has 2 aromatic rings. The lowest BCUT2D eigenvalue weighted by Crippen LogP contribution is -2.17. The molecule has 0 N–H and O–H groups in total. The maximum Gasteiger partial charge on any atom is 0.138 e. The zero-order valence-electron chi connectivity index (χ0n) is 8.50. The molecule has 0 saturated carbocycles. The Hall–Kier alpha value is -1.64. The molecule has 2 heterocycles. The van der Waals surface area contributed by atoms with Crippen molar-refractivity contribution in [2.75, 3.05) is 0 Å². The van der Waals surface area contributed by atoms with E-state index < -0.39 is 0 Å². The van der Waals surface area contributed by atoms with Crippen LogP contribution in [0.2, 0.25) is 0 Å². The number of nitrogens with zero attached hydrogens (tertiary/aromatic N) is 3. The fraction of sp³-hybridized carbons (Fsp3) is 0.333. The summed E-state index contributed by atoms with van der Waals surface area (Å²) >= 11 is 0. The van der Waals surface area contributed by atoms with Crippen LogP contribution < -0.4 is 0 Å². The zero-order chi connectivity index (χ0) is 10.1. The van der Waals surface area contributed by atoms with E-state index in [9.17, 15) is 0 Å². The van der Waals surface area contributed by atoms with Crippen LogP contribution in [0.4, 0.5) is 0 Å². The molecule has 1 unspecified atom stereocenters. The van der Waals surface area contributed by atoms with E-state index in [-0.39, 0.29) is 0 Å². The van der Waals surface area contributed by atoms with Crippen LogP contribution in [0.3, 0.4) is 0 Å². The molecule has 3 nitrogen and oxygen atoms in total. The molecule has 0 radical (unpaired) electrons. The molecular weight excluding hydrogens is 186 g/mol. The maximum absolute atomic E-state index is 4.37. The van der Waals surface area contributed by atoms with Crippen LogP contribution in [0, 0.1) is 0 Å². The molecule has 3 heteroatoms. The van der Waals surface area contributed by atoms with Crippen LogP contribution in [0.1, 0.15) is 30.1 Å². The minimum atomic E-state index is 0.433. The monoisotopic (exact) mass is 199 g/mol. The Morgan fingerprint density at radius 1 is 1.20 bits per heavy atom. The van der Waals surface area contributed by atoms with Crippen LogP contribution in [0.5, 0.6) is 0 Å². The van der Waals surface area contributed by atoms with Gasteiger partial charge in [-0.05, 0) is 18.4 Å². The second kappa shape index (κ2) is 3.50. The van der Waals surface area contributed by atoms with Crippen LogP contribution in [0.25, 0.3) is 0 Å². The molecule has 0 saturated heterocycles. The van der Waals surface area contributed by atoms with E-state index in [1.807, 2.05) is 4.68 Å². The summed E-state index contributed by atoms with van der Waals surface area (Å²) < 4.78 is 2.03. The summed E-state index contributed by atoms with van der Waals surface area (Å²) in [7, 11) is 0. The first kappa shape index (κ1) is 8.65. The fourth-order valence-electron chi connectivity index (χ4n) is 2.29. The highest BCUT2D eigenvalue weighted by molar-refractivity contribution is 5.25. The molecular formula is C12H13N3. The Morgan fingerprint density at radius 2 is 2.07 bits per heavy atom. The minimum Gasteiger partial charge on any atom is -0.249 e. The van der Waals surface area contributed by atoms with Crippen LogP contribution in [-0.4, -0.2) is 14.8 Å². The molecule has 1 aliphatic rings. The van der Waals surface area contributed by atoms with E-state index in [4.69, 9.17) is 0 Å². The summed E-state index contributed by atoms with van der Waals surface area (Å²) in [6.07, 6.45) is 4.04. The largest absolute Gasteiger partial charge is 0.249 e. The summed E-state index contributed by atoms with van der Waals surface area (Å²) in [6, 6.07) is 10.6. The average Bonchev–Trinajstić information content (AvgIpc) is 2.78. The van der Waals surface area contributed by atoms with Gasteiger partial charge in [-0.15, -0.1) is 0 Å². The Morgan fingerprint density at radius 3 is 2.93 bits per heavy atom. The molecule has 76 valence electrons. The van der Waals surface area contributed by atoms with Crippen molar-refractivity contribution in [3.63, 3.8) is 0 Å². The Kier molecular flexibility index (Phi) is 2.02. The Labute approximate surface area is 88.8 Å². The van der Waals surface area contributed by atoms with Gasteiger partial charge in [0.05, 0.1) is 0 Å². The lowest BCUT2D eigenvalue weighted by molar-refractivity contribution is 0.446. The van der Waals surface area contributed by atoms with Gasteiger partial charge >= 0.3 is 0 Å². The zero-order valence-corrected chi connectivity index (χ0v) is 8.50. The second-order valence-electron chi connectivity index (χ2n) is 3.95. The second-order valence-corrected chi connectivity index (χ2v) is 3.95. The third-order valence-corrected chi connectivity index (χ3v) is 3.02. The number of hydrogen-bond acceptors (Lipinski definition) is 2. The van der Waals surface area contributed by atoms with E-state index in [1.165, 1.54) is 18.4 Å². The summed E-state index contributed by atoms with van der Waals surface area (Å²) in [5, 5.41) is 4.24. The van der Waals surface area contributed by atoms with Gasteiger partial charge in [0.2, 0.25) is 0 Å². The Bertz CT molecular complexity index is 447. The number of aryl methyl sites for hydroxylation is 1. The van der Waals surface area contributed by atoms with Crippen molar-refractivity contribution >= 4 is 0 Å². The van der Waals surface area contributed by atoms with Crippen molar-refractivity contribution in [1.29, 1.82) is 0 Å². The van der Waals surface area contributed by atoms with E-state index >= 15 is 0 Å². The summed E-state index contributed by atoms with van der Waals surface area (Å²) in [5.41, 5.74) is 1.35. The standard InChI is InChI=1S/C12H13N3/c1-2-5-10(6-3-1)11-7-4-8-15-12(11)13-9-14-15/h1-3,5-6,9,11H,4,7-8H2. The average molecular weight is 199 g/mol. The number of rotatable bonds is 1. The quantitative estimate of drug-likeness (QED) is 0.705. The van der Waals surface area contributed by atoms with Gasteiger partial charge in [-0.3, -0.25) is 0 Å². The van der Waals surface area contributed by atoms with Gasteiger partial charge in [0.1, 0.15) is 12.2 Å². The summed E-state index contributed by atoms with van der Waals surface area (Å²) in [6.45, 7) is 1.01. The van der Waals surface area contributed by atoms with Crippen molar-refractivity contribution in [3.8, 4) is 0 Å². The third kappa shape index (κ3) is 1.44. The van der Waals surface area contributed by atoms with Crippen LogP contribution in [-0.2, 0) is 6.54 Å². The molecule has 1 aromatic heterocycles. The van der Waals surface area contributed by atoms with Gasteiger partial charge < -0.3 is 0 Å². The van der Waals surface area contributed by atoms with Crippen molar-refractivity contribution in [3.05, 3.63) is 48.0 Å². The molecule has 15 heavy (non-hydrogen) atoms. The van der Waals surface area contributed by atoms with Crippen molar-refractivity contribution in [2.45, 2.75) is 25.3 Å². The van der Waals surface area contributed by atoms with Crippen molar-refractivity contribution in [2.24, 2.45) is 0 Å². The van der Waals surface area contributed by atoms with E-state index in [0.717, 1.165) is 12.4 Å². The maximum atomic E-state index is 4.37. The number of hydrogen-bond donors (Lipinski definition) is 0. The van der Waals surface area contributed by atoms with Gasteiger partial charge in [0, 0.05) is 12.5 Å². The van der Waals surface area contributed by atoms with Crippen LogP contribution >= 0.6 is 0 Å². The highest BCUT2D eigenvalue weighted by atomic mass is 15.3. The number of benzene rings is 1. The van der Waals surface area contributed by atoms with Gasteiger partial charge in [0.15, 0.2) is 0 Å². The van der Waals surface area contributed by atoms with Gasteiger partial charge in [-0.1, -0.05) is 30.3 Å².